The van der Waals surface area contributed by atoms with Crippen molar-refractivity contribution in [2.24, 2.45) is 0 Å². The smallest absolute Gasteiger partial charge is 0.227 e. The summed E-state index contributed by atoms with van der Waals surface area (Å²) in [5.41, 5.74) is 4.35. The molecule has 3 aromatic rings. The van der Waals surface area contributed by atoms with Gasteiger partial charge in [0.05, 0.1) is 17.8 Å². The van der Waals surface area contributed by atoms with E-state index in [2.05, 4.69) is 10.1 Å². The summed E-state index contributed by atoms with van der Waals surface area (Å²) < 4.78 is 14.9. The fourth-order valence-corrected chi connectivity index (χ4v) is 2.90. The van der Waals surface area contributed by atoms with Crippen molar-refractivity contribution in [3.8, 4) is 5.69 Å². The highest BCUT2D eigenvalue weighted by molar-refractivity contribution is 5.79. The van der Waals surface area contributed by atoms with Gasteiger partial charge in [0.15, 0.2) is 0 Å². The fraction of sp³-hybridized carbons (Fsp3) is 0.250. The van der Waals surface area contributed by atoms with E-state index in [9.17, 15) is 9.18 Å². The highest BCUT2D eigenvalue weighted by Gasteiger charge is 2.18. The number of hydrogen-bond donors (Lipinski definition) is 0. The highest BCUT2D eigenvalue weighted by atomic mass is 19.1. The molecule has 0 aliphatic carbocycles. The van der Waals surface area contributed by atoms with Crippen molar-refractivity contribution in [2.75, 3.05) is 7.05 Å². The molecule has 5 nitrogen and oxygen atoms in total. The third-order valence-electron chi connectivity index (χ3n) is 4.41. The number of pyridine rings is 1. The number of rotatable bonds is 5. The van der Waals surface area contributed by atoms with Crippen LogP contribution < -0.4 is 0 Å². The molecule has 0 unspecified atom stereocenters. The minimum absolute atomic E-state index is 0.0127. The summed E-state index contributed by atoms with van der Waals surface area (Å²) in [6, 6.07) is 9.95. The molecule has 0 aliphatic rings. The first-order chi connectivity index (χ1) is 12.5. The molecule has 2 heterocycles. The normalized spacial score (nSPS) is 10.8. The second kappa shape index (κ2) is 7.47. The molecule has 0 spiro atoms. The molecule has 2 aromatic heterocycles. The molecule has 0 saturated carbocycles. The lowest BCUT2D eigenvalue weighted by Crippen LogP contribution is -2.28. The van der Waals surface area contributed by atoms with Gasteiger partial charge in [-0.3, -0.25) is 9.78 Å². The van der Waals surface area contributed by atoms with Crippen molar-refractivity contribution in [1.29, 1.82) is 0 Å². The van der Waals surface area contributed by atoms with Crippen LogP contribution in [0.15, 0.2) is 48.8 Å². The third-order valence-corrected chi connectivity index (χ3v) is 4.41. The van der Waals surface area contributed by atoms with Gasteiger partial charge in [-0.25, -0.2) is 9.07 Å². The largest absolute Gasteiger partial charge is 0.341 e. The van der Waals surface area contributed by atoms with Crippen LogP contribution in [0.3, 0.4) is 0 Å². The summed E-state index contributed by atoms with van der Waals surface area (Å²) in [5, 5.41) is 4.52. The molecule has 26 heavy (non-hydrogen) atoms. The maximum atomic E-state index is 13.1. The Morgan fingerprint density at radius 3 is 2.58 bits per heavy atom. The lowest BCUT2D eigenvalue weighted by atomic mass is 10.1. The monoisotopic (exact) mass is 352 g/mol. The molecular formula is C20H21FN4O. The Kier molecular flexibility index (Phi) is 5.11. The van der Waals surface area contributed by atoms with Crippen LogP contribution in [0.25, 0.3) is 5.69 Å². The van der Waals surface area contributed by atoms with E-state index in [4.69, 9.17) is 0 Å². The van der Waals surface area contributed by atoms with Gasteiger partial charge in [0.2, 0.25) is 5.91 Å². The van der Waals surface area contributed by atoms with E-state index in [0.717, 1.165) is 28.2 Å². The predicted octanol–water partition coefficient (Wildman–Crippen LogP) is 3.22. The summed E-state index contributed by atoms with van der Waals surface area (Å²) in [5.74, 6) is -0.276. The summed E-state index contributed by atoms with van der Waals surface area (Å²) in [4.78, 5) is 18.4. The molecule has 1 amide bonds. The molecule has 6 heteroatoms. The van der Waals surface area contributed by atoms with Crippen molar-refractivity contribution in [3.05, 3.63) is 77.1 Å². The van der Waals surface area contributed by atoms with E-state index in [-0.39, 0.29) is 18.1 Å². The van der Waals surface area contributed by atoms with E-state index in [1.807, 2.05) is 26.0 Å². The zero-order valence-electron chi connectivity index (χ0n) is 15.1. The summed E-state index contributed by atoms with van der Waals surface area (Å²) in [6.07, 6.45) is 3.74. The van der Waals surface area contributed by atoms with E-state index < -0.39 is 0 Å². The zero-order chi connectivity index (χ0) is 18.7. The van der Waals surface area contributed by atoms with Crippen LogP contribution in [0.1, 0.15) is 22.5 Å². The minimum atomic E-state index is -0.289. The van der Waals surface area contributed by atoms with Gasteiger partial charge in [-0.15, -0.1) is 0 Å². The van der Waals surface area contributed by atoms with Crippen LogP contribution in [-0.4, -0.2) is 32.6 Å². The highest BCUT2D eigenvalue weighted by Crippen LogP contribution is 2.19. The molecule has 0 atom stereocenters. The Bertz CT molecular complexity index is 904. The van der Waals surface area contributed by atoms with Crippen molar-refractivity contribution in [2.45, 2.75) is 26.8 Å². The molecule has 0 radical (unpaired) electrons. The van der Waals surface area contributed by atoms with Crippen LogP contribution in [0.4, 0.5) is 4.39 Å². The molecule has 0 bridgehead atoms. The van der Waals surface area contributed by atoms with Gasteiger partial charge >= 0.3 is 0 Å². The van der Waals surface area contributed by atoms with Gasteiger partial charge in [-0.05, 0) is 49.7 Å². The first kappa shape index (κ1) is 17.8. The summed E-state index contributed by atoms with van der Waals surface area (Å²) in [6.45, 7) is 4.32. The molecule has 0 saturated heterocycles. The van der Waals surface area contributed by atoms with Gasteiger partial charge in [0, 0.05) is 37.2 Å². The Morgan fingerprint density at radius 1 is 1.19 bits per heavy atom. The summed E-state index contributed by atoms with van der Waals surface area (Å²) >= 11 is 0. The van der Waals surface area contributed by atoms with Gasteiger partial charge in [-0.1, -0.05) is 6.07 Å². The number of halogens is 1. The first-order valence-electron chi connectivity index (χ1n) is 8.39. The molecule has 1 aromatic carbocycles. The number of hydrogen-bond acceptors (Lipinski definition) is 3. The minimum Gasteiger partial charge on any atom is -0.341 e. The van der Waals surface area contributed by atoms with Gasteiger partial charge in [-0.2, -0.15) is 5.10 Å². The van der Waals surface area contributed by atoms with Crippen molar-refractivity contribution in [3.63, 3.8) is 0 Å². The number of carbonyl (C=O) groups is 1. The second-order valence-electron chi connectivity index (χ2n) is 6.33. The van der Waals surface area contributed by atoms with Crippen molar-refractivity contribution >= 4 is 5.91 Å². The Balaban J connectivity index is 1.77. The average molecular weight is 352 g/mol. The summed E-state index contributed by atoms with van der Waals surface area (Å²) in [7, 11) is 1.78. The standard InChI is InChI=1S/C20H21FN4O/c1-14-19(11-20(26)24(3)13-16-5-4-10-22-12-16)15(2)25(23-14)18-8-6-17(21)7-9-18/h4-10,12H,11,13H2,1-3H3. The van der Waals surface area contributed by atoms with E-state index >= 15 is 0 Å². The lowest BCUT2D eigenvalue weighted by Gasteiger charge is -2.17. The number of benzene rings is 1. The fourth-order valence-electron chi connectivity index (χ4n) is 2.90. The van der Waals surface area contributed by atoms with Crippen LogP contribution in [0, 0.1) is 19.7 Å². The number of nitrogens with zero attached hydrogens (tertiary/aromatic N) is 4. The van der Waals surface area contributed by atoms with Crippen molar-refractivity contribution < 1.29 is 9.18 Å². The Labute approximate surface area is 152 Å². The van der Waals surface area contributed by atoms with Crippen molar-refractivity contribution in [1.82, 2.24) is 19.7 Å². The molecule has 0 fully saturated rings. The first-order valence-corrected chi connectivity index (χ1v) is 8.39. The number of likely N-dealkylation sites (N-methyl/N-ethyl adjacent to an activating group) is 1. The lowest BCUT2D eigenvalue weighted by molar-refractivity contribution is -0.129. The molecule has 3 rings (SSSR count). The van der Waals surface area contributed by atoms with E-state index in [1.54, 1.807) is 41.2 Å². The maximum absolute atomic E-state index is 13.1. The van der Waals surface area contributed by atoms with Crippen LogP contribution in [-0.2, 0) is 17.8 Å². The number of aryl methyl sites for hydroxylation is 1. The maximum Gasteiger partial charge on any atom is 0.227 e. The Hall–Kier alpha value is -3.02. The van der Waals surface area contributed by atoms with Crippen LogP contribution in [0.5, 0.6) is 0 Å². The molecule has 0 N–H and O–H groups in total. The van der Waals surface area contributed by atoms with Gasteiger partial charge in [0.1, 0.15) is 5.82 Å². The number of carbonyl (C=O) groups excluding carboxylic acids is 1. The average Bonchev–Trinajstić information content (AvgIpc) is 2.91. The Morgan fingerprint density at radius 2 is 1.92 bits per heavy atom. The number of amides is 1. The molecular weight excluding hydrogens is 331 g/mol. The van der Waals surface area contributed by atoms with Crippen LogP contribution in [0.2, 0.25) is 0 Å². The quantitative estimate of drug-likeness (QED) is 0.708. The van der Waals surface area contributed by atoms with Crippen LogP contribution >= 0.6 is 0 Å². The number of aromatic nitrogens is 3. The second-order valence-corrected chi connectivity index (χ2v) is 6.33. The van der Waals surface area contributed by atoms with E-state index in [0.29, 0.717) is 6.54 Å². The predicted molar refractivity (Wildman–Crippen MR) is 97.4 cm³/mol. The molecule has 0 aliphatic heterocycles. The SMILES string of the molecule is Cc1nn(-c2ccc(F)cc2)c(C)c1CC(=O)N(C)Cc1cccnc1. The van der Waals surface area contributed by atoms with Gasteiger partial charge in [0.25, 0.3) is 0 Å². The zero-order valence-corrected chi connectivity index (χ0v) is 15.1. The third kappa shape index (κ3) is 3.79. The van der Waals surface area contributed by atoms with E-state index in [1.165, 1.54) is 12.1 Å². The van der Waals surface area contributed by atoms with Gasteiger partial charge < -0.3 is 4.90 Å². The topological polar surface area (TPSA) is 51.0 Å². The molecule has 134 valence electrons.